The Morgan fingerprint density at radius 2 is 2.15 bits per heavy atom. The fraction of sp³-hybridized carbons (Fsp3) is 0.125. The molecule has 0 aliphatic carbocycles. The predicted molar refractivity (Wildman–Crippen MR) is 44.9 cm³/mol. The molecular weight excluding hydrogens is 174 g/mol. The molecule has 68 valence electrons. The summed E-state index contributed by atoms with van der Waals surface area (Å²) in [6.45, 7) is 1.45. The van der Waals surface area contributed by atoms with Crippen LogP contribution in [0.3, 0.4) is 0 Å². The summed E-state index contributed by atoms with van der Waals surface area (Å²) in [5.74, 6) is -0.449. The van der Waals surface area contributed by atoms with Crippen LogP contribution < -0.4 is 0 Å². The zero-order chi connectivity index (χ0) is 10.0. The number of carbonyl (C=O) groups is 1. The largest absolute Gasteiger partial charge is 0.502 e. The van der Waals surface area contributed by atoms with E-state index in [2.05, 4.69) is 0 Å². The van der Waals surface area contributed by atoms with Gasteiger partial charge in [-0.05, 0) is 13.0 Å². The second kappa shape index (κ2) is 3.22. The molecule has 0 spiro atoms. The van der Waals surface area contributed by atoms with E-state index in [0.29, 0.717) is 6.29 Å². The van der Waals surface area contributed by atoms with Crippen molar-refractivity contribution in [1.82, 2.24) is 0 Å². The topological polar surface area (TPSA) is 80.4 Å². The van der Waals surface area contributed by atoms with Crippen LogP contribution in [-0.2, 0) is 0 Å². The molecule has 5 heteroatoms. The Morgan fingerprint density at radius 1 is 1.54 bits per heavy atom. The quantitative estimate of drug-likeness (QED) is 0.425. The standard InChI is InChI=1S/C8H7NO4/c1-5-6(4-10)2-3-7(8(5)11)9(12)13/h2-4,11H,1H3. The number of phenols is 1. The molecule has 0 aliphatic heterocycles. The molecule has 0 aliphatic rings. The molecule has 0 heterocycles. The minimum Gasteiger partial charge on any atom is -0.502 e. The lowest BCUT2D eigenvalue weighted by atomic mass is 10.1. The molecule has 13 heavy (non-hydrogen) atoms. The zero-order valence-corrected chi connectivity index (χ0v) is 6.85. The van der Waals surface area contributed by atoms with Crippen LogP contribution >= 0.6 is 0 Å². The minimum atomic E-state index is -0.698. The zero-order valence-electron chi connectivity index (χ0n) is 6.85. The highest BCUT2D eigenvalue weighted by molar-refractivity contribution is 5.80. The summed E-state index contributed by atoms with van der Waals surface area (Å²) in [5.41, 5.74) is 0.0930. The van der Waals surface area contributed by atoms with E-state index in [4.69, 9.17) is 0 Å². The van der Waals surface area contributed by atoms with Crippen LogP contribution in [0.2, 0.25) is 0 Å². The van der Waals surface area contributed by atoms with Gasteiger partial charge in [-0.2, -0.15) is 0 Å². The van der Waals surface area contributed by atoms with E-state index in [0.717, 1.165) is 6.07 Å². The first kappa shape index (κ1) is 9.18. The molecule has 1 rings (SSSR count). The molecule has 0 radical (unpaired) electrons. The molecule has 0 saturated carbocycles. The number of nitrogens with zero attached hydrogens (tertiary/aromatic N) is 1. The van der Waals surface area contributed by atoms with Crippen molar-refractivity contribution in [1.29, 1.82) is 0 Å². The lowest BCUT2D eigenvalue weighted by Crippen LogP contribution is -1.93. The van der Waals surface area contributed by atoms with Crippen LogP contribution in [0.5, 0.6) is 5.75 Å². The van der Waals surface area contributed by atoms with E-state index >= 15 is 0 Å². The SMILES string of the molecule is Cc1c(C=O)ccc([N+](=O)[O-])c1O. The normalized spacial score (nSPS) is 9.62. The van der Waals surface area contributed by atoms with Gasteiger partial charge in [0.15, 0.2) is 5.75 Å². The van der Waals surface area contributed by atoms with E-state index in [1.165, 1.54) is 13.0 Å². The van der Waals surface area contributed by atoms with Crippen molar-refractivity contribution in [3.05, 3.63) is 33.4 Å². The Morgan fingerprint density at radius 3 is 2.62 bits per heavy atom. The van der Waals surface area contributed by atoms with Crippen LogP contribution in [0, 0.1) is 17.0 Å². The Balaban J connectivity index is 3.39. The number of rotatable bonds is 2. The van der Waals surface area contributed by atoms with Gasteiger partial charge in [0.1, 0.15) is 6.29 Å². The lowest BCUT2D eigenvalue weighted by Gasteiger charge is -2.01. The van der Waals surface area contributed by atoms with Crippen molar-refractivity contribution in [2.75, 3.05) is 0 Å². The average molecular weight is 181 g/mol. The third kappa shape index (κ3) is 1.48. The molecule has 5 nitrogen and oxygen atoms in total. The Labute approximate surface area is 73.8 Å². The van der Waals surface area contributed by atoms with Gasteiger partial charge in [0.05, 0.1) is 4.92 Å². The van der Waals surface area contributed by atoms with Crippen LogP contribution in [0.15, 0.2) is 12.1 Å². The number of phenolic OH excluding ortho intramolecular Hbond substituents is 1. The molecule has 0 atom stereocenters. The number of aldehydes is 1. The van der Waals surface area contributed by atoms with Gasteiger partial charge in [-0.3, -0.25) is 14.9 Å². The van der Waals surface area contributed by atoms with Gasteiger partial charge in [0, 0.05) is 17.2 Å². The first-order valence-electron chi connectivity index (χ1n) is 3.50. The molecule has 0 unspecified atom stereocenters. The Bertz CT molecular complexity index is 373. The maximum Gasteiger partial charge on any atom is 0.311 e. The summed E-state index contributed by atoms with van der Waals surface area (Å²) >= 11 is 0. The van der Waals surface area contributed by atoms with E-state index in [-0.39, 0.29) is 16.8 Å². The molecule has 1 N–H and O–H groups in total. The maximum absolute atomic E-state index is 10.4. The smallest absolute Gasteiger partial charge is 0.311 e. The molecule has 0 fully saturated rings. The highest BCUT2D eigenvalue weighted by atomic mass is 16.6. The number of nitro benzene ring substituents is 1. The molecule has 0 aromatic heterocycles. The summed E-state index contributed by atoms with van der Waals surface area (Å²) in [6.07, 6.45) is 0.540. The molecule has 0 bridgehead atoms. The van der Waals surface area contributed by atoms with Crippen molar-refractivity contribution in [2.45, 2.75) is 6.92 Å². The highest BCUT2D eigenvalue weighted by Gasteiger charge is 2.16. The maximum atomic E-state index is 10.4. The molecule has 1 aromatic rings. The van der Waals surface area contributed by atoms with Crippen LogP contribution in [-0.4, -0.2) is 16.3 Å². The number of nitro groups is 1. The van der Waals surface area contributed by atoms with Gasteiger partial charge in [-0.1, -0.05) is 0 Å². The lowest BCUT2D eigenvalue weighted by molar-refractivity contribution is -0.385. The summed E-state index contributed by atoms with van der Waals surface area (Å²) < 4.78 is 0. The van der Waals surface area contributed by atoms with Gasteiger partial charge in [0.25, 0.3) is 0 Å². The Hall–Kier alpha value is -1.91. The molecule has 1 aromatic carbocycles. The van der Waals surface area contributed by atoms with Crippen molar-refractivity contribution in [3.63, 3.8) is 0 Å². The van der Waals surface area contributed by atoms with Crippen LogP contribution in [0.4, 0.5) is 5.69 Å². The predicted octanol–water partition coefficient (Wildman–Crippen LogP) is 1.42. The van der Waals surface area contributed by atoms with Crippen molar-refractivity contribution < 1.29 is 14.8 Å². The number of aromatic hydroxyl groups is 1. The summed E-state index contributed by atoms with van der Waals surface area (Å²) in [5, 5.41) is 19.6. The molecule has 0 saturated heterocycles. The first-order chi connectivity index (χ1) is 6.07. The molecular formula is C8H7NO4. The summed E-state index contributed by atoms with van der Waals surface area (Å²) in [6, 6.07) is 2.41. The van der Waals surface area contributed by atoms with Crippen LogP contribution in [0.25, 0.3) is 0 Å². The monoisotopic (exact) mass is 181 g/mol. The van der Waals surface area contributed by atoms with Gasteiger partial charge < -0.3 is 5.11 Å². The van der Waals surface area contributed by atoms with Gasteiger partial charge >= 0.3 is 5.69 Å². The second-order valence-corrected chi connectivity index (χ2v) is 2.52. The van der Waals surface area contributed by atoms with Crippen LogP contribution in [0.1, 0.15) is 15.9 Å². The summed E-state index contributed by atoms with van der Waals surface area (Å²) in [7, 11) is 0. The fourth-order valence-electron chi connectivity index (χ4n) is 0.976. The average Bonchev–Trinajstić information content (AvgIpc) is 2.09. The minimum absolute atomic E-state index is 0.226. The van der Waals surface area contributed by atoms with Crippen molar-refractivity contribution in [3.8, 4) is 5.75 Å². The van der Waals surface area contributed by atoms with Gasteiger partial charge in [0.2, 0.25) is 0 Å². The van der Waals surface area contributed by atoms with Gasteiger partial charge in [-0.25, -0.2) is 0 Å². The Kier molecular flexibility index (Phi) is 2.27. The number of hydrogen-bond donors (Lipinski definition) is 1. The van der Waals surface area contributed by atoms with Crippen molar-refractivity contribution >= 4 is 12.0 Å². The number of hydrogen-bond acceptors (Lipinski definition) is 4. The van der Waals surface area contributed by atoms with Crippen molar-refractivity contribution in [2.24, 2.45) is 0 Å². The highest BCUT2D eigenvalue weighted by Crippen LogP contribution is 2.30. The van der Waals surface area contributed by atoms with E-state index in [9.17, 15) is 20.0 Å². The van der Waals surface area contributed by atoms with E-state index < -0.39 is 10.7 Å². The van der Waals surface area contributed by atoms with E-state index in [1.807, 2.05) is 0 Å². The summed E-state index contributed by atoms with van der Waals surface area (Å²) in [4.78, 5) is 20.0. The third-order valence-electron chi connectivity index (χ3n) is 1.78. The van der Waals surface area contributed by atoms with E-state index in [1.54, 1.807) is 0 Å². The number of benzene rings is 1. The second-order valence-electron chi connectivity index (χ2n) is 2.52. The molecule has 0 amide bonds. The van der Waals surface area contributed by atoms with Gasteiger partial charge in [-0.15, -0.1) is 0 Å². The fourth-order valence-corrected chi connectivity index (χ4v) is 0.976. The number of carbonyl (C=O) groups excluding carboxylic acids is 1. The first-order valence-corrected chi connectivity index (χ1v) is 3.50. The third-order valence-corrected chi connectivity index (χ3v) is 1.78.